The molecule has 1 aliphatic carbocycles. The first kappa shape index (κ1) is 12.8. The van der Waals surface area contributed by atoms with Crippen molar-refractivity contribution in [3.05, 3.63) is 18.1 Å². The van der Waals surface area contributed by atoms with Gasteiger partial charge in [0.2, 0.25) is 0 Å². The molecule has 1 saturated carbocycles. The van der Waals surface area contributed by atoms with E-state index < -0.39 is 0 Å². The normalized spacial score (nSPS) is 16.6. The summed E-state index contributed by atoms with van der Waals surface area (Å²) < 4.78 is 0. The SMILES string of the molecule is CN(C)[C@@H](CNC(=O)c1nccnc1N)C1CC1. The fourth-order valence-corrected chi connectivity index (χ4v) is 2.06. The topological polar surface area (TPSA) is 84.1 Å². The summed E-state index contributed by atoms with van der Waals surface area (Å²) in [4.78, 5) is 21.9. The minimum atomic E-state index is -0.256. The number of aromatic nitrogens is 2. The number of nitrogens with two attached hydrogens (primary N) is 1. The number of amides is 1. The van der Waals surface area contributed by atoms with E-state index >= 15 is 0 Å². The molecule has 1 heterocycles. The first-order valence-corrected chi connectivity index (χ1v) is 6.10. The molecule has 3 N–H and O–H groups in total. The molecule has 1 aliphatic rings. The second-order valence-electron chi connectivity index (χ2n) is 4.87. The van der Waals surface area contributed by atoms with Crippen LogP contribution in [0.15, 0.2) is 12.4 Å². The van der Waals surface area contributed by atoms with Crippen LogP contribution < -0.4 is 11.1 Å². The Kier molecular flexibility index (Phi) is 3.76. The maximum absolute atomic E-state index is 11.9. The molecule has 6 heteroatoms. The van der Waals surface area contributed by atoms with Crippen LogP contribution in [-0.4, -0.2) is 47.5 Å². The van der Waals surface area contributed by atoms with Gasteiger partial charge in [-0.1, -0.05) is 0 Å². The summed E-state index contributed by atoms with van der Waals surface area (Å²) in [6, 6.07) is 0.381. The lowest BCUT2D eigenvalue weighted by Gasteiger charge is -2.24. The molecule has 18 heavy (non-hydrogen) atoms. The second-order valence-corrected chi connectivity index (χ2v) is 4.87. The van der Waals surface area contributed by atoms with Crippen LogP contribution in [0.1, 0.15) is 23.3 Å². The highest BCUT2D eigenvalue weighted by Gasteiger charge is 2.32. The van der Waals surface area contributed by atoms with Gasteiger partial charge in [-0.3, -0.25) is 4.79 Å². The van der Waals surface area contributed by atoms with E-state index in [0.717, 1.165) is 0 Å². The highest BCUT2D eigenvalue weighted by atomic mass is 16.1. The number of anilines is 1. The molecule has 0 saturated heterocycles. The van der Waals surface area contributed by atoms with Crippen molar-refractivity contribution in [2.45, 2.75) is 18.9 Å². The lowest BCUT2D eigenvalue weighted by Crippen LogP contribution is -2.42. The van der Waals surface area contributed by atoms with E-state index in [0.29, 0.717) is 18.5 Å². The summed E-state index contributed by atoms with van der Waals surface area (Å²) in [5, 5.41) is 2.88. The first-order chi connectivity index (χ1) is 8.59. The van der Waals surface area contributed by atoms with Crippen molar-refractivity contribution in [1.82, 2.24) is 20.2 Å². The van der Waals surface area contributed by atoms with Gasteiger partial charge in [0.05, 0.1) is 0 Å². The van der Waals surface area contributed by atoms with Gasteiger partial charge in [-0.2, -0.15) is 0 Å². The summed E-state index contributed by atoms with van der Waals surface area (Å²) >= 11 is 0. The minimum Gasteiger partial charge on any atom is -0.382 e. The zero-order chi connectivity index (χ0) is 13.1. The number of rotatable bonds is 5. The fraction of sp³-hybridized carbons (Fsp3) is 0.583. The summed E-state index contributed by atoms with van der Waals surface area (Å²) in [7, 11) is 4.07. The van der Waals surface area contributed by atoms with Crippen LogP contribution >= 0.6 is 0 Å². The van der Waals surface area contributed by atoms with Gasteiger partial charge < -0.3 is 16.0 Å². The van der Waals surface area contributed by atoms with Gasteiger partial charge in [0.15, 0.2) is 11.5 Å². The average Bonchev–Trinajstić information content (AvgIpc) is 3.13. The average molecular weight is 249 g/mol. The Morgan fingerprint density at radius 2 is 2.17 bits per heavy atom. The summed E-state index contributed by atoms with van der Waals surface area (Å²) in [5.41, 5.74) is 5.81. The Morgan fingerprint density at radius 3 is 2.72 bits per heavy atom. The number of nitrogen functional groups attached to an aromatic ring is 1. The van der Waals surface area contributed by atoms with Crippen molar-refractivity contribution < 1.29 is 4.79 Å². The van der Waals surface area contributed by atoms with Crippen LogP contribution in [0.5, 0.6) is 0 Å². The van der Waals surface area contributed by atoms with Gasteiger partial charge in [-0.25, -0.2) is 9.97 Å². The van der Waals surface area contributed by atoms with Gasteiger partial charge in [0.25, 0.3) is 5.91 Å². The molecular weight excluding hydrogens is 230 g/mol. The number of carbonyl (C=O) groups excluding carboxylic acids is 1. The molecule has 1 aromatic rings. The van der Waals surface area contributed by atoms with Gasteiger partial charge in [-0.15, -0.1) is 0 Å². The number of nitrogens with one attached hydrogen (secondary N) is 1. The highest BCUT2D eigenvalue weighted by Crippen LogP contribution is 2.34. The zero-order valence-corrected chi connectivity index (χ0v) is 10.8. The molecule has 0 unspecified atom stereocenters. The van der Waals surface area contributed by atoms with Crippen LogP contribution in [0.3, 0.4) is 0 Å². The third-order valence-electron chi connectivity index (χ3n) is 3.24. The smallest absolute Gasteiger partial charge is 0.273 e. The lowest BCUT2D eigenvalue weighted by molar-refractivity contribution is 0.0934. The van der Waals surface area contributed by atoms with Gasteiger partial charge in [0.1, 0.15) is 0 Å². The van der Waals surface area contributed by atoms with E-state index in [2.05, 4.69) is 20.2 Å². The largest absolute Gasteiger partial charge is 0.382 e. The molecule has 0 aliphatic heterocycles. The minimum absolute atomic E-state index is 0.169. The third-order valence-corrected chi connectivity index (χ3v) is 3.24. The van der Waals surface area contributed by atoms with E-state index in [1.54, 1.807) is 0 Å². The molecule has 1 aromatic heterocycles. The van der Waals surface area contributed by atoms with Gasteiger partial charge >= 0.3 is 0 Å². The quantitative estimate of drug-likeness (QED) is 0.775. The molecule has 1 amide bonds. The van der Waals surface area contributed by atoms with E-state index in [4.69, 9.17) is 5.73 Å². The van der Waals surface area contributed by atoms with Crippen LogP contribution in [0.4, 0.5) is 5.82 Å². The third kappa shape index (κ3) is 2.95. The van der Waals surface area contributed by atoms with E-state index in [9.17, 15) is 4.79 Å². The van der Waals surface area contributed by atoms with Crippen LogP contribution in [-0.2, 0) is 0 Å². The molecular formula is C12H19N5O. The number of nitrogens with zero attached hydrogens (tertiary/aromatic N) is 3. The number of likely N-dealkylation sites (N-methyl/N-ethyl adjacent to an activating group) is 1. The van der Waals surface area contributed by atoms with Crippen LogP contribution in [0.25, 0.3) is 0 Å². The predicted octanol–water partition coefficient (Wildman–Crippen LogP) is 0.129. The molecule has 1 fully saturated rings. The van der Waals surface area contributed by atoms with Crippen molar-refractivity contribution in [3.8, 4) is 0 Å². The summed E-state index contributed by atoms with van der Waals surface area (Å²) in [5.74, 6) is 0.607. The van der Waals surface area contributed by atoms with E-state index in [-0.39, 0.29) is 17.4 Å². The van der Waals surface area contributed by atoms with Crippen molar-refractivity contribution in [2.75, 3.05) is 26.4 Å². The molecule has 2 rings (SSSR count). The molecule has 98 valence electrons. The Hall–Kier alpha value is -1.69. The van der Waals surface area contributed by atoms with E-state index in [1.807, 2.05) is 14.1 Å². The Morgan fingerprint density at radius 1 is 1.50 bits per heavy atom. The maximum atomic E-state index is 11.9. The number of hydrogen-bond acceptors (Lipinski definition) is 5. The maximum Gasteiger partial charge on any atom is 0.273 e. The molecule has 6 nitrogen and oxygen atoms in total. The van der Waals surface area contributed by atoms with Gasteiger partial charge in [-0.05, 0) is 32.9 Å². The fourth-order valence-electron chi connectivity index (χ4n) is 2.06. The zero-order valence-electron chi connectivity index (χ0n) is 10.8. The van der Waals surface area contributed by atoms with Crippen molar-refractivity contribution in [3.63, 3.8) is 0 Å². The standard InChI is InChI=1S/C12H19N5O/c1-17(2)9(8-3-4-8)7-16-12(18)10-11(13)15-6-5-14-10/h5-6,8-9H,3-4,7H2,1-2H3,(H2,13,15)(H,16,18)/t9-/m0/s1. The Balaban J connectivity index is 1.93. The lowest BCUT2D eigenvalue weighted by atomic mass is 10.1. The molecule has 0 spiro atoms. The molecule has 0 bridgehead atoms. The van der Waals surface area contributed by atoms with Crippen molar-refractivity contribution >= 4 is 11.7 Å². The molecule has 0 radical (unpaired) electrons. The van der Waals surface area contributed by atoms with Crippen molar-refractivity contribution in [1.29, 1.82) is 0 Å². The number of carbonyl (C=O) groups is 1. The Labute approximate surface area is 107 Å². The first-order valence-electron chi connectivity index (χ1n) is 6.10. The second kappa shape index (κ2) is 5.30. The predicted molar refractivity (Wildman–Crippen MR) is 69.0 cm³/mol. The van der Waals surface area contributed by atoms with Crippen LogP contribution in [0, 0.1) is 5.92 Å². The van der Waals surface area contributed by atoms with Gasteiger partial charge in [0, 0.05) is 25.0 Å². The Bertz CT molecular complexity index is 428. The molecule has 1 atom stereocenters. The molecule has 0 aromatic carbocycles. The van der Waals surface area contributed by atoms with Crippen LogP contribution in [0.2, 0.25) is 0 Å². The number of hydrogen-bond donors (Lipinski definition) is 2. The summed E-state index contributed by atoms with van der Waals surface area (Å²) in [6.45, 7) is 0.618. The summed E-state index contributed by atoms with van der Waals surface area (Å²) in [6.07, 6.45) is 5.42. The van der Waals surface area contributed by atoms with Crippen molar-refractivity contribution in [2.24, 2.45) is 5.92 Å². The van der Waals surface area contributed by atoms with E-state index in [1.165, 1.54) is 25.2 Å². The highest BCUT2D eigenvalue weighted by molar-refractivity contribution is 5.96. The monoisotopic (exact) mass is 249 g/mol.